The average Bonchev–Trinajstić information content (AvgIpc) is 2.46. The summed E-state index contributed by atoms with van der Waals surface area (Å²) in [5.74, 6) is -0.706. The zero-order valence-electron chi connectivity index (χ0n) is 12.4. The Morgan fingerprint density at radius 1 is 1.19 bits per heavy atom. The van der Waals surface area contributed by atoms with Gasteiger partial charge in [0.05, 0.1) is 11.3 Å². The Hall–Kier alpha value is -1.55. The lowest BCUT2D eigenvalue weighted by molar-refractivity contribution is -0.133. The first-order valence-electron chi connectivity index (χ1n) is 7.33. The Kier molecular flexibility index (Phi) is 3.89. The molecule has 2 aromatic rings. The predicted octanol–water partition coefficient (Wildman–Crippen LogP) is 3.91. The van der Waals surface area contributed by atoms with Crippen molar-refractivity contribution in [1.82, 2.24) is 4.98 Å². The third-order valence-corrected chi connectivity index (χ3v) is 5.22. The Labute approximate surface area is 128 Å². The van der Waals surface area contributed by atoms with Gasteiger partial charge in [-0.25, -0.2) is 4.98 Å². The molecule has 1 aromatic heterocycles. The lowest BCUT2D eigenvalue weighted by Crippen LogP contribution is -2.09. The van der Waals surface area contributed by atoms with Crippen molar-refractivity contribution in [2.24, 2.45) is 0 Å². The summed E-state index contributed by atoms with van der Waals surface area (Å²) in [6, 6.07) is 4.37. The lowest BCUT2D eigenvalue weighted by atomic mass is 9.89. The maximum Gasteiger partial charge on any atom is 0.313 e. The highest BCUT2D eigenvalue weighted by Crippen LogP contribution is 2.35. The molecule has 0 saturated heterocycles. The fraction of sp³-hybridized carbons (Fsp3) is 0.412. The van der Waals surface area contributed by atoms with Crippen LogP contribution in [0, 0.1) is 13.8 Å². The van der Waals surface area contributed by atoms with Crippen LogP contribution >= 0.6 is 11.8 Å². The quantitative estimate of drug-likeness (QED) is 0.873. The topological polar surface area (TPSA) is 50.2 Å². The number of carboxylic acid groups (broad SMARTS) is 1. The van der Waals surface area contributed by atoms with Crippen molar-refractivity contribution >= 4 is 28.6 Å². The van der Waals surface area contributed by atoms with Crippen LogP contribution in [0.2, 0.25) is 0 Å². The predicted molar refractivity (Wildman–Crippen MR) is 86.2 cm³/mol. The van der Waals surface area contributed by atoms with Crippen molar-refractivity contribution < 1.29 is 9.90 Å². The standard InChI is InChI=1S/C17H19NO2S/c1-10-7-14-12-5-3-4-6-13(12)17(21-9-16(19)20)18-15(14)8-11(10)2/h7-8H,3-6,9H2,1-2H3,(H,19,20). The zero-order valence-corrected chi connectivity index (χ0v) is 13.2. The Balaban J connectivity index is 2.18. The van der Waals surface area contributed by atoms with Gasteiger partial charge in [-0.1, -0.05) is 11.8 Å². The van der Waals surface area contributed by atoms with Crippen LogP contribution < -0.4 is 0 Å². The van der Waals surface area contributed by atoms with Gasteiger partial charge in [-0.15, -0.1) is 0 Å². The van der Waals surface area contributed by atoms with Crippen LogP contribution in [0.25, 0.3) is 10.9 Å². The number of fused-ring (bicyclic) bond motifs is 3. The van der Waals surface area contributed by atoms with Crippen molar-refractivity contribution in [3.63, 3.8) is 0 Å². The van der Waals surface area contributed by atoms with Crippen molar-refractivity contribution in [3.8, 4) is 0 Å². The van der Waals surface area contributed by atoms with E-state index in [1.54, 1.807) is 0 Å². The molecule has 110 valence electrons. The van der Waals surface area contributed by atoms with E-state index in [0.717, 1.165) is 23.4 Å². The summed E-state index contributed by atoms with van der Waals surface area (Å²) in [6.45, 7) is 4.23. The van der Waals surface area contributed by atoms with E-state index >= 15 is 0 Å². The molecule has 0 aliphatic heterocycles. The monoisotopic (exact) mass is 301 g/mol. The first-order chi connectivity index (χ1) is 10.1. The van der Waals surface area contributed by atoms with Crippen LogP contribution in [-0.4, -0.2) is 21.8 Å². The summed E-state index contributed by atoms with van der Waals surface area (Å²) in [7, 11) is 0. The van der Waals surface area contributed by atoms with E-state index in [9.17, 15) is 4.79 Å². The molecule has 0 atom stereocenters. The van der Waals surface area contributed by atoms with Gasteiger partial charge in [-0.2, -0.15) is 0 Å². The fourth-order valence-electron chi connectivity index (χ4n) is 3.00. The molecule has 0 spiro atoms. The van der Waals surface area contributed by atoms with Gasteiger partial charge >= 0.3 is 5.97 Å². The third kappa shape index (κ3) is 2.77. The summed E-state index contributed by atoms with van der Waals surface area (Å²) in [5, 5.41) is 11.1. The Bertz CT molecular complexity index is 725. The molecule has 1 heterocycles. The van der Waals surface area contributed by atoms with Crippen LogP contribution in [0.5, 0.6) is 0 Å². The summed E-state index contributed by atoms with van der Waals surface area (Å²) < 4.78 is 0. The lowest BCUT2D eigenvalue weighted by Gasteiger charge is -2.21. The molecule has 3 rings (SSSR count). The summed E-state index contributed by atoms with van der Waals surface area (Å²) in [6.07, 6.45) is 4.48. The number of thioether (sulfide) groups is 1. The maximum atomic E-state index is 10.9. The van der Waals surface area contributed by atoms with E-state index in [0.29, 0.717) is 0 Å². The first kappa shape index (κ1) is 14.4. The number of benzene rings is 1. The largest absolute Gasteiger partial charge is 0.481 e. The van der Waals surface area contributed by atoms with Gasteiger partial charge in [0.15, 0.2) is 0 Å². The van der Waals surface area contributed by atoms with Crippen LogP contribution in [0.3, 0.4) is 0 Å². The minimum absolute atomic E-state index is 0.0792. The van der Waals surface area contributed by atoms with E-state index < -0.39 is 5.97 Å². The molecule has 3 nitrogen and oxygen atoms in total. The molecule has 0 amide bonds. The second-order valence-corrected chi connectivity index (χ2v) is 6.68. The molecule has 0 bridgehead atoms. The van der Waals surface area contributed by atoms with Gasteiger partial charge in [0.1, 0.15) is 5.03 Å². The number of nitrogens with zero attached hydrogens (tertiary/aromatic N) is 1. The molecule has 0 unspecified atom stereocenters. The number of hydrogen-bond donors (Lipinski definition) is 1. The van der Waals surface area contributed by atoms with E-state index in [2.05, 4.69) is 26.0 Å². The van der Waals surface area contributed by atoms with E-state index in [-0.39, 0.29) is 5.75 Å². The molecule has 0 fully saturated rings. The molecule has 4 heteroatoms. The number of pyridine rings is 1. The summed E-state index contributed by atoms with van der Waals surface area (Å²) >= 11 is 1.36. The number of aryl methyl sites for hydroxylation is 3. The minimum atomic E-state index is -0.786. The van der Waals surface area contributed by atoms with Crippen LogP contribution in [0.15, 0.2) is 17.2 Å². The van der Waals surface area contributed by atoms with E-state index in [4.69, 9.17) is 10.1 Å². The highest BCUT2D eigenvalue weighted by Gasteiger charge is 2.19. The molecular formula is C17H19NO2S. The molecular weight excluding hydrogens is 282 g/mol. The maximum absolute atomic E-state index is 10.9. The highest BCUT2D eigenvalue weighted by molar-refractivity contribution is 7.99. The number of hydrogen-bond acceptors (Lipinski definition) is 3. The van der Waals surface area contributed by atoms with Crippen molar-refractivity contribution in [2.45, 2.75) is 44.6 Å². The van der Waals surface area contributed by atoms with E-state index in [1.807, 2.05) is 0 Å². The molecule has 21 heavy (non-hydrogen) atoms. The van der Waals surface area contributed by atoms with Crippen molar-refractivity contribution in [2.75, 3.05) is 5.75 Å². The van der Waals surface area contributed by atoms with Gasteiger partial charge < -0.3 is 5.11 Å². The normalized spacial score (nSPS) is 14.2. The smallest absolute Gasteiger partial charge is 0.313 e. The van der Waals surface area contributed by atoms with Gasteiger partial charge in [-0.05, 0) is 73.9 Å². The van der Waals surface area contributed by atoms with Crippen LogP contribution in [0.1, 0.15) is 35.1 Å². The Morgan fingerprint density at radius 2 is 1.86 bits per heavy atom. The fourth-order valence-corrected chi connectivity index (χ4v) is 3.82. The number of rotatable bonds is 3. The number of aliphatic carboxylic acids is 1. The van der Waals surface area contributed by atoms with Gasteiger partial charge in [0.2, 0.25) is 0 Å². The molecule has 1 aromatic carbocycles. The molecule has 0 saturated carbocycles. The number of aromatic nitrogens is 1. The van der Waals surface area contributed by atoms with Crippen molar-refractivity contribution in [1.29, 1.82) is 0 Å². The van der Waals surface area contributed by atoms with Gasteiger partial charge in [0.25, 0.3) is 0 Å². The third-order valence-electron chi connectivity index (χ3n) is 4.22. The summed E-state index contributed by atoms with van der Waals surface area (Å²) in [5.41, 5.74) is 6.21. The van der Waals surface area contributed by atoms with Gasteiger partial charge in [-0.3, -0.25) is 4.79 Å². The first-order valence-corrected chi connectivity index (χ1v) is 8.32. The number of carbonyl (C=O) groups is 1. The van der Waals surface area contributed by atoms with E-state index in [1.165, 1.54) is 52.2 Å². The minimum Gasteiger partial charge on any atom is -0.481 e. The van der Waals surface area contributed by atoms with Crippen molar-refractivity contribution in [3.05, 3.63) is 34.4 Å². The molecule has 1 aliphatic carbocycles. The second-order valence-electron chi connectivity index (χ2n) is 5.72. The Morgan fingerprint density at radius 3 is 2.57 bits per heavy atom. The molecule has 1 N–H and O–H groups in total. The molecule has 0 radical (unpaired) electrons. The zero-order chi connectivity index (χ0) is 15.0. The van der Waals surface area contributed by atoms with Crippen LogP contribution in [0.4, 0.5) is 0 Å². The van der Waals surface area contributed by atoms with Gasteiger partial charge in [0, 0.05) is 5.39 Å². The number of carboxylic acids is 1. The average molecular weight is 301 g/mol. The SMILES string of the molecule is Cc1cc2nc(SCC(=O)O)c3c(c2cc1C)CCCC3. The second kappa shape index (κ2) is 5.68. The molecule has 1 aliphatic rings. The highest BCUT2D eigenvalue weighted by atomic mass is 32.2. The van der Waals surface area contributed by atoms with Crippen LogP contribution in [-0.2, 0) is 17.6 Å². The summed E-state index contributed by atoms with van der Waals surface area (Å²) in [4.78, 5) is 15.6.